The van der Waals surface area contributed by atoms with Gasteiger partial charge >= 0.3 is 0 Å². The minimum Gasteiger partial charge on any atom is -0.300 e. The third-order valence-electron chi connectivity index (χ3n) is 4.78. The number of piperazine rings is 1. The highest BCUT2D eigenvalue weighted by molar-refractivity contribution is 7.99. The third kappa shape index (κ3) is 3.18. The fourth-order valence-electron chi connectivity index (χ4n) is 3.68. The number of fused-ring (bicyclic) bond motifs is 1. The van der Waals surface area contributed by atoms with Crippen molar-refractivity contribution < 1.29 is 0 Å². The lowest BCUT2D eigenvalue weighted by atomic mass is 9.97. The highest BCUT2D eigenvalue weighted by Gasteiger charge is 2.29. The van der Waals surface area contributed by atoms with Crippen molar-refractivity contribution in [3.05, 3.63) is 0 Å². The molecule has 3 rings (SSSR count). The molecule has 0 aliphatic carbocycles. The van der Waals surface area contributed by atoms with E-state index in [-0.39, 0.29) is 0 Å². The summed E-state index contributed by atoms with van der Waals surface area (Å²) in [6.07, 6.45) is 7.30. The first-order chi connectivity index (χ1) is 8.42. The van der Waals surface area contributed by atoms with E-state index in [2.05, 4.69) is 21.6 Å². The molecule has 0 amide bonds. The first-order valence-electron chi connectivity index (χ1n) is 7.46. The van der Waals surface area contributed by atoms with E-state index in [1.54, 1.807) is 0 Å². The molecule has 0 bridgehead atoms. The molecular formula is C14H26N2S. The van der Waals surface area contributed by atoms with Crippen molar-refractivity contribution in [2.75, 3.05) is 44.2 Å². The molecule has 3 aliphatic rings. The summed E-state index contributed by atoms with van der Waals surface area (Å²) in [6, 6.07) is 0.899. The van der Waals surface area contributed by atoms with Crippen molar-refractivity contribution in [3.8, 4) is 0 Å². The van der Waals surface area contributed by atoms with Gasteiger partial charge in [0.1, 0.15) is 0 Å². The van der Waals surface area contributed by atoms with Crippen LogP contribution in [0.3, 0.4) is 0 Å². The molecular weight excluding hydrogens is 228 g/mol. The van der Waals surface area contributed by atoms with E-state index in [1.807, 2.05) is 0 Å². The topological polar surface area (TPSA) is 6.48 Å². The lowest BCUT2D eigenvalue weighted by molar-refractivity contribution is 0.0411. The smallest absolute Gasteiger partial charge is 0.0223 e. The van der Waals surface area contributed by atoms with E-state index in [9.17, 15) is 0 Å². The van der Waals surface area contributed by atoms with Crippen LogP contribution in [-0.2, 0) is 0 Å². The molecule has 0 spiro atoms. The first kappa shape index (κ1) is 12.3. The number of rotatable bonds is 2. The van der Waals surface area contributed by atoms with Gasteiger partial charge in [-0.3, -0.25) is 4.90 Å². The van der Waals surface area contributed by atoms with Crippen molar-refractivity contribution in [2.24, 2.45) is 5.92 Å². The predicted octanol–water partition coefficient (Wildman–Crippen LogP) is 2.30. The summed E-state index contributed by atoms with van der Waals surface area (Å²) >= 11 is 2.15. The molecule has 3 heteroatoms. The maximum atomic E-state index is 2.77. The zero-order chi connectivity index (χ0) is 11.5. The van der Waals surface area contributed by atoms with Gasteiger partial charge in [-0.1, -0.05) is 6.42 Å². The number of piperidine rings is 1. The summed E-state index contributed by atoms with van der Waals surface area (Å²) < 4.78 is 0. The molecule has 2 nitrogen and oxygen atoms in total. The van der Waals surface area contributed by atoms with Crippen LogP contribution in [0, 0.1) is 5.92 Å². The summed E-state index contributed by atoms with van der Waals surface area (Å²) in [5.41, 5.74) is 0. The molecule has 0 saturated carbocycles. The standard InChI is InChI=1S/C14H26N2S/c1-2-6-16-8-7-15(12-14(16)3-1)11-13-4-9-17-10-5-13/h13-14H,1-12H2. The van der Waals surface area contributed by atoms with Crippen molar-refractivity contribution in [1.82, 2.24) is 9.80 Å². The Kier molecular flexibility index (Phi) is 4.30. The first-order valence-corrected chi connectivity index (χ1v) is 8.61. The van der Waals surface area contributed by atoms with Gasteiger partial charge in [-0.05, 0) is 49.7 Å². The van der Waals surface area contributed by atoms with Crippen molar-refractivity contribution in [3.63, 3.8) is 0 Å². The minimum atomic E-state index is 0.899. The number of thioether (sulfide) groups is 1. The SMILES string of the molecule is C1CCN2CCN(CC3CCSCC3)CC2C1. The zero-order valence-corrected chi connectivity index (χ0v) is 11.8. The summed E-state index contributed by atoms with van der Waals surface area (Å²) in [4.78, 5) is 5.52. The number of hydrogen-bond donors (Lipinski definition) is 0. The van der Waals surface area contributed by atoms with Crippen molar-refractivity contribution in [1.29, 1.82) is 0 Å². The van der Waals surface area contributed by atoms with Crippen LogP contribution < -0.4 is 0 Å². The molecule has 1 atom stereocenters. The highest BCUT2D eigenvalue weighted by atomic mass is 32.2. The summed E-state index contributed by atoms with van der Waals surface area (Å²) in [5.74, 6) is 3.83. The summed E-state index contributed by atoms with van der Waals surface area (Å²) in [7, 11) is 0. The lowest BCUT2D eigenvalue weighted by Gasteiger charge is -2.45. The van der Waals surface area contributed by atoms with Gasteiger partial charge in [0.05, 0.1) is 0 Å². The van der Waals surface area contributed by atoms with Gasteiger partial charge in [0.25, 0.3) is 0 Å². The molecule has 3 heterocycles. The van der Waals surface area contributed by atoms with E-state index in [4.69, 9.17) is 0 Å². The third-order valence-corrected chi connectivity index (χ3v) is 5.83. The van der Waals surface area contributed by atoms with Gasteiger partial charge in [0.15, 0.2) is 0 Å². The average Bonchev–Trinajstić information content (AvgIpc) is 2.40. The van der Waals surface area contributed by atoms with Crippen LogP contribution in [0.1, 0.15) is 32.1 Å². The van der Waals surface area contributed by atoms with Gasteiger partial charge in [0.2, 0.25) is 0 Å². The summed E-state index contributed by atoms with van der Waals surface area (Å²) in [5, 5.41) is 0. The minimum absolute atomic E-state index is 0.899. The summed E-state index contributed by atoms with van der Waals surface area (Å²) in [6.45, 7) is 6.80. The second kappa shape index (κ2) is 5.94. The highest BCUT2D eigenvalue weighted by Crippen LogP contribution is 2.26. The van der Waals surface area contributed by atoms with E-state index >= 15 is 0 Å². The lowest BCUT2D eigenvalue weighted by Crippen LogP contribution is -2.55. The molecule has 0 aromatic heterocycles. The van der Waals surface area contributed by atoms with E-state index < -0.39 is 0 Å². The fraction of sp³-hybridized carbons (Fsp3) is 1.00. The predicted molar refractivity (Wildman–Crippen MR) is 75.7 cm³/mol. The molecule has 3 fully saturated rings. The van der Waals surface area contributed by atoms with Gasteiger partial charge in [-0.25, -0.2) is 0 Å². The quantitative estimate of drug-likeness (QED) is 0.746. The Bertz CT molecular complexity index is 238. The molecule has 17 heavy (non-hydrogen) atoms. The molecule has 0 aromatic carbocycles. The molecule has 0 radical (unpaired) electrons. The van der Waals surface area contributed by atoms with Crippen LogP contribution in [0.15, 0.2) is 0 Å². The van der Waals surface area contributed by atoms with Crippen LogP contribution in [0.5, 0.6) is 0 Å². The average molecular weight is 254 g/mol. The number of hydrogen-bond acceptors (Lipinski definition) is 3. The Morgan fingerprint density at radius 3 is 2.71 bits per heavy atom. The van der Waals surface area contributed by atoms with Crippen LogP contribution in [0.25, 0.3) is 0 Å². The zero-order valence-electron chi connectivity index (χ0n) is 10.9. The Balaban J connectivity index is 1.48. The largest absolute Gasteiger partial charge is 0.300 e. The van der Waals surface area contributed by atoms with Crippen LogP contribution in [-0.4, -0.2) is 60.1 Å². The maximum Gasteiger partial charge on any atom is 0.0223 e. The van der Waals surface area contributed by atoms with Gasteiger partial charge in [-0.15, -0.1) is 0 Å². The molecule has 1 unspecified atom stereocenters. The molecule has 0 aromatic rings. The van der Waals surface area contributed by atoms with E-state index in [0.29, 0.717) is 0 Å². The maximum absolute atomic E-state index is 2.77. The van der Waals surface area contributed by atoms with Crippen LogP contribution >= 0.6 is 11.8 Å². The molecule has 0 N–H and O–H groups in total. The van der Waals surface area contributed by atoms with E-state index in [1.165, 1.54) is 76.3 Å². The fourth-order valence-corrected chi connectivity index (χ4v) is 4.88. The van der Waals surface area contributed by atoms with Crippen LogP contribution in [0.2, 0.25) is 0 Å². The molecule has 3 aliphatic heterocycles. The monoisotopic (exact) mass is 254 g/mol. The van der Waals surface area contributed by atoms with Crippen molar-refractivity contribution >= 4 is 11.8 Å². The Labute approximate surface area is 110 Å². The Morgan fingerprint density at radius 2 is 1.82 bits per heavy atom. The molecule has 98 valence electrons. The van der Waals surface area contributed by atoms with Gasteiger partial charge in [-0.2, -0.15) is 11.8 Å². The second-order valence-electron chi connectivity index (χ2n) is 6.00. The second-order valence-corrected chi connectivity index (χ2v) is 7.23. The van der Waals surface area contributed by atoms with Crippen LogP contribution in [0.4, 0.5) is 0 Å². The van der Waals surface area contributed by atoms with Crippen molar-refractivity contribution in [2.45, 2.75) is 38.1 Å². The van der Waals surface area contributed by atoms with Gasteiger partial charge < -0.3 is 4.90 Å². The Hall–Kier alpha value is 0.270. The number of nitrogens with zero attached hydrogens (tertiary/aromatic N) is 2. The normalized spacial score (nSPS) is 33.5. The van der Waals surface area contributed by atoms with Gasteiger partial charge in [0, 0.05) is 32.2 Å². The molecule has 3 saturated heterocycles. The van der Waals surface area contributed by atoms with E-state index in [0.717, 1.165) is 12.0 Å². The Morgan fingerprint density at radius 1 is 0.941 bits per heavy atom.